The Morgan fingerprint density at radius 2 is 1.65 bits per heavy atom. The van der Waals surface area contributed by atoms with Crippen LogP contribution >= 0.6 is 0 Å². The number of hydrogen-bond acceptors (Lipinski definition) is 7. The predicted molar refractivity (Wildman–Crippen MR) is 72.1 cm³/mol. The van der Waals surface area contributed by atoms with E-state index in [0.29, 0.717) is 39.6 Å². The summed E-state index contributed by atoms with van der Waals surface area (Å²) in [7, 11) is 1.62. The van der Waals surface area contributed by atoms with Gasteiger partial charge in [0.2, 0.25) is 5.88 Å². The van der Waals surface area contributed by atoms with Crippen molar-refractivity contribution in [2.24, 2.45) is 5.73 Å². The van der Waals surface area contributed by atoms with Crippen LogP contribution in [-0.2, 0) is 14.2 Å². The number of nitrogens with zero attached hydrogens (tertiary/aromatic N) is 2. The lowest BCUT2D eigenvalue weighted by atomic mass is 10.4. The average Bonchev–Trinajstić information content (AvgIpc) is 2.46. The Morgan fingerprint density at radius 1 is 1.05 bits per heavy atom. The highest BCUT2D eigenvalue weighted by molar-refractivity contribution is 5.94. The Bertz CT molecular complexity index is 403. The lowest BCUT2D eigenvalue weighted by Gasteiger charge is -2.09. The van der Waals surface area contributed by atoms with E-state index in [-0.39, 0.29) is 17.4 Å². The quantitative estimate of drug-likeness (QED) is 0.329. The molecule has 0 saturated carbocycles. The standard InChI is InChI=1S/C12H20N4O4/c1-17-4-5-18-6-7-19-8-9-20-12-10(11(13)14)15-2-3-16-12/h2-3H,4-9H2,1H3,(H3,13,14). The number of ether oxygens (including phenoxy) is 4. The number of nitrogen functional groups attached to an aromatic ring is 1. The highest BCUT2D eigenvalue weighted by Crippen LogP contribution is 2.09. The van der Waals surface area contributed by atoms with Crippen LogP contribution in [0.1, 0.15) is 5.69 Å². The van der Waals surface area contributed by atoms with Gasteiger partial charge >= 0.3 is 0 Å². The topological polar surface area (TPSA) is 113 Å². The van der Waals surface area contributed by atoms with Gasteiger partial charge in [-0.05, 0) is 0 Å². The van der Waals surface area contributed by atoms with Crippen LogP contribution < -0.4 is 10.5 Å². The van der Waals surface area contributed by atoms with Crippen molar-refractivity contribution in [3.63, 3.8) is 0 Å². The molecular weight excluding hydrogens is 264 g/mol. The molecule has 20 heavy (non-hydrogen) atoms. The molecule has 8 heteroatoms. The molecule has 0 fully saturated rings. The third kappa shape index (κ3) is 6.41. The second-order valence-electron chi connectivity index (χ2n) is 3.69. The summed E-state index contributed by atoms with van der Waals surface area (Å²) in [5.74, 6) is 0.0560. The van der Waals surface area contributed by atoms with E-state index in [4.69, 9.17) is 30.1 Å². The highest BCUT2D eigenvalue weighted by Gasteiger charge is 2.08. The Kier molecular flexibility index (Phi) is 8.20. The predicted octanol–water partition coefficient (Wildman–Crippen LogP) is -0.181. The van der Waals surface area contributed by atoms with E-state index >= 15 is 0 Å². The minimum absolute atomic E-state index is 0.180. The molecule has 1 rings (SSSR count). The molecule has 3 N–H and O–H groups in total. The van der Waals surface area contributed by atoms with E-state index in [9.17, 15) is 0 Å². The summed E-state index contributed by atoms with van der Waals surface area (Å²) in [6.45, 7) is 2.81. The number of rotatable bonds is 11. The second-order valence-corrected chi connectivity index (χ2v) is 3.69. The van der Waals surface area contributed by atoms with Gasteiger partial charge in [-0.15, -0.1) is 0 Å². The average molecular weight is 284 g/mol. The molecule has 1 heterocycles. The van der Waals surface area contributed by atoms with E-state index in [1.165, 1.54) is 12.4 Å². The number of nitrogens with one attached hydrogen (secondary N) is 1. The van der Waals surface area contributed by atoms with Gasteiger partial charge in [0.05, 0.1) is 33.0 Å². The smallest absolute Gasteiger partial charge is 0.243 e. The van der Waals surface area contributed by atoms with Gasteiger partial charge in [-0.25, -0.2) is 9.97 Å². The van der Waals surface area contributed by atoms with Gasteiger partial charge in [0.25, 0.3) is 0 Å². The van der Waals surface area contributed by atoms with Crippen LogP contribution in [0.5, 0.6) is 5.88 Å². The van der Waals surface area contributed by atoms with Crippen LogP contribution in [0.25, 0.3) is 0 Å². The third-order valence-corrected chi connectivity index (χ3v) is 2.19. The van der Waals surface area contributed by atoms with Gasteiger partial charge in [0, 0.05) is 19.5 Å². The zero-order valence-electron chi connectivity index (χ0n) is 11.5. The molecular formula is C12H20N4O4. The lowest BCUT2D eigenvalue weighted by molar-refractivity contribution is 0.0176. The molecule has 0 unspecified atom stereocenters. The maximum Gasteiger partial charge on any atom is 0.243 e. The van der Waals surface area contributed by atoms with Gasteiger partial charge in [0.1, 0.15) is 12.4 Å². The fourth-order valence-corrected chi connectivity index (χ4v) is 1.28. The van der Waals surface area contributed by atoms with E-state index in [0.717, 1.165) is 0 Å². The lowest BCUT2D eigenvalue weighted by Crippen LogP contribution is -2.18. The summed E-state index contributed by atoms with van der Waals surface area (Å²) >= 11 is 0. The molecule has 8 nitrogen and oxygen atoms in total. The minimum atomic E-state index is -0.180. The summed E-state index contributed by atoms with van der Waals surface area (Å²) in [6.07, 6.45) is 2.93. The number of amidine groups is 1. The highest BCUT2D eigenvalue weighted by atomic mass is 16.6. The van der Waals surface area contributed by atoms with Crippen molar-refractivity contribution in [2.75, 3.05) is 46.8 Å². The molecule has 112 valence electrons. The van der Waals surface area contributed by atoms with Crippen molar-refractivity contribution in [3.05, 3.63) is 18.1 Å². The zero-order valence-corrected chi connectivity index (χ0v) is 11.5. The van der Waals surface area contributed by atoms with Crippen molar-refractivity contribution in [3.8, 4) is 5.88 Å². The fraction of sp³-hybridized carbons (Fsp3) is 0.583. The van der Waals surface area contributed by atoms with Crippen LogP contribution in [0.3, 0.4) is 0 Å². The van der Waals surface area contributed by atoms with Crippen LogP contribution in [0.4, 0.5) is 0 Å². The van der Waals surface area contributed by atoms with Crippen molar-refractivity contribution in [2.45, 2.75) is 0 Å². The monoisotopic (exact) mass is 284 g/mol. The first kappa shape index (κ1) is 16.3. The molecule has 0 bridgehead atoms. The number of hydrogen-bond donors (Lipinski definition) is 2. The molecule has 0 aromatic carbocycles. The van der Waals surface area contributed by atoms with Gasteiger partial charge in [-0.3, -0.25) is 5.41 Å². The van der Waals surface area contributed by atoms with Crippen molar-refractivity contribution < 1.29 is 18.9 Å². The maximum atomic E-state index is 7.34. The first-order valence-corrected chi connectivity index (χ1v) is 6.18. The Morgan fingerprint density at radius 3 is 2.30 bits per heavy atom. The third-order valence-electron chi connectivity index (χ3n) is 2.19. The number of methoxy groups -OCH3 is 1. The normalized spacial score (nSPS) is 10.4. The van der Waals surface area contributed by atoms with Crippen LogP contribution in [0.15, 0.2) is 12.4 Å². The molecule has 0 radical (unpaired) electrons. The van der Waals surface area contributed by atoms with Crippen molar-refractivity contribution >= 4 is 5.84 Å². The summed E-state index contributed by atoms with van der Waals surface area (Å²) in [5.41, 5.74) is 5.60. The summed E-state index contributed by atoms with van der Waals surface area (Å²) in [6, 6.07) is 0. The van der Waals surface area contributed by atoms with Crippen LogP contribution in [0, 0.1) is 5.41 Å². The SMILES string of the molecule is COCCOCCOCCOc1nccnc1C(=N)N. The van der Waals surface area contributed by atoms with E-state index in [2.05, 4.69) is 9.97 Å². The van der Waals surface area contributed by atoms with E-state index < -0.39 is 0 Å². The largest absolute Gasteiger partial charge is 0.474 e. The van der Waals surface area contributed by atoms with Gasteiger partial charge in [-0.2, -0.15) is 0 Å². The van der Waals surface area contributed by atoms with Gasteiger partial charge in [-0.1, -0.05) is 0 Å². The molecule has 0 amide bonds. The first-order valence-electron chi connectivity index (χ1n) is 6.18. The van der Waals surface area contributed by atoms with Crippen molar-refractivity contribution in [1.82, 2.24) is 9.97 Å². The molecule has 0 atom stereocenters. The number of aromatic nitrogens is 2. The molecule has 0 saturated heterocycles. The minimum Gasteiger partial charge on any atom is -0.474 e. The fourth-order valence-electron chi connectivity index (χ4n) is 1.28. The molecule has 0 aliphatic heterocycles. The van der Waals surface area contributed by atoms with E-state index in [1.807, 2.05) is 0 Å². The van der Waals surface area contributed by atoms with Crippen LogP contribution in [0.2, 0.25) is 0 Å². The molecule has 1 aromatic heterocycles. The van der Waals surface area contributed by atoms with Gasteiger partial charge < -0.3 is 24.7 Å². The Balaban J connectivity index is 2.11. The molecule has 0 aliphatic carbocycles. The zero-order chi connectivity index (χ0) is 14.6. The Labute approximate surface area is 117 Å². The number of nitrogens with two attached hydrogens (primary N) is 1. The molecule has 0 aliphatic rings. The molecule has 0 spiro atoms. The van der Waals surface area contributed by atoms with Crippen LogP contribution in [-0.4, -0.2) is 62.6 Å². The maximum absolute atomic E-state index is 7.34. The Hall–Kier alpha value is -1.77. The summed E-state index contributed by atoms with van der Waals surface area (Å²) < 4.78 is 20.7. The second kappa shape index (κ2) is 10.1. The summed E-state index contributed by atoms with van der Waals surface area (Å²) in [5, 5.41) is 7.34. The van der Waals surface area contributed by atoms with Crippen molar-refractivity contribution in [1.29, 1.82) is 5.41 Å². The first-order chi connectivity index (χ1) is 9.75. The summed E-state index contributed by atoms with van der Waals surface area (Å²) in [4.78, 5) is 7.89. The van der Waals surface area contributed by atoms with Gasteiger partial charge in [0.15, 0.2) is 5.69 Å². The van der Waals surface area contributed by atoms with E-state index in [1.54, 1.807) is 7.11 Å². The molecule has 1 aromatic rings.